The summed E-state index contributed by atoms with van der Waals surface area (Å²) in [5.74, 6) is 0. The first-order valence-electron chi connectivity index (χ1n) is 4.51. The number of rotatable bonds is 0. The van der Waals surface area contributed by atoms with E-state index >= 15 is 0 Å². The van der Waals surface area contributed by atoms with Gasteiger partial charge in [0, 0.05) is 17.3 Å². The van der Waals surface area contributed by atoms with E-state index in [1.54, 1.807) is 0 Å². The highest BCUT2D eigenvalue weighted by molar-refractivity contribution is 5.93. The highest BCUT2D eigenvalue weighted by Gasteiger charge is 2.09. The average Bonchev–Trinajstić information content (AvgIpc) is 2.17. The van der Waals surface area contributed by atoms with Gasteiger partial charge < -0.3 is 0 Å². The van der Waals surface area contributed by atoms with Crippen LogP contribution in [-0.2, 0) is 0 Å². The Hall–Kier alpha value is -0.850. The fourth-order valence-corrected chi connectivity index (χ4v) is 0.781. The van der Waals surface area contributed by atoms with E-state index in [0.29, 0.717) is 0 Å². The lowest BCUT2D eigenvalue weighted by Gasteiger charge is -2.11. The van der Waals surface area contributed by atoms with Crippen molar-refractivity contribution in [1.82, 2.24) is 0 Å². The lowest BCUT2D eigenvalue weighted by molar-refractivity contribution is 0.626. The topological polar surface area (TPSA) is 12.4 Å². The van der Waals surface area contributed by atoms with E-state index < -0.39 is 0 Å². The molecule has 1 heterocycles. The molecule has 1 heteroatoms. The Morgan fingerprint density at radius 3 is 2.33 bits per heavy atom. The summed E-state index contributed by atoms with van der Waals surface area (Å²) in [5, 5.41) is 0. The Morgan fingerprint density at radius 1 is 1.17 bits per heavy atom. The first-order chi connectivity index (χ1) is 5.60. The highest BCUT2D eigenvalue weighted by atomic mass is 14.7. The monoisotopic (exact) mass is 165 g/mol. The van der Waals surface area contributed by atoms with Crippen LogP contribution in [0.15, 0.2) is 29.4 Å². The van der Waals surface area contributed by atoms with E-state index in [1.807, 2.05) is 27.0 Å². The van der Waals surface area contributed by atoms with Crippen molar-refractivity contribution >= 4 is 5.71 Å². The molecule has 0 N–H and O–H groups in total. The van der Waals surface area contributed by atoms with E-state index in [1.165, 1.54) is 0 Å². The standard InChI is InChI=1S/C9H13N.C2H6/c1-8-4-5-9(2,3)6-7-10-8;1-2/h4-7H,1-3H3;1-2H3. The van der Waals surface area contributed by atoms with Crippen LogP contribution in [-0.4, -0.2) is 5.71 Å². The molecule has 0 fully saturated rings. The third kappa shape index (κ3) is 4.12. The summed E-state index contributed by atoms with van der Waals surface area (Å²) in [7, 11) is 0. The molecule has 0 bridgehead atoms. The molecule has 0 aromatic carbocycles. The lowest BCUT2D eigenvalue weighted by Crippen LogP contribution is -2.00. The average molecular weight is 165 g/mol. The van der Waals surface area contributed by atoms with Gasteiger partial charge in [0.15, 0.2) is 0 Å². The van der Waals surface area contributed by atoms with Crippen molar-refractivity contribution in [3.63, 3.8) is 0 Å². The number of hydrogen-bond acceptors (Lipinski definition) is 1. The largest absolute Gasteiger partial charge is 0.262 e. The first-order valence-corrected chi connectivity index (χ1v) is 4.51. The van der Waals surface area contributed by atoms with Gasteiger partial charge in [-0.2, -0.15) is 0 Å². The Bertz CT molecular complexity index is 207. The maximum absolute atomic E-state index is 4.17. The summed E-state index contributed by atoms with van der Waals surface area (Å²) in [6.07, 6.45) is 8.19. The van der Waals surface area contributed by atoms with Crippen LogP contribution in [0, 0.1) is 5.41 Å². The maximum Gasteiger partial charge on any atom is 0.0369 e. The zero-order chi connectivity index (χ0) is 9.61. The summed E-state index contributed by atoms with van der Waals surface area (Å²) in [5.41, 5.74) is 1.24. The smallest absolute Gasteiger partial charge is 0.0369 e. The second kappa shape index (κ2) is 4.91. The lowest BCUT2D eigenvalue weighted by atomic mass is 9.93. The van der Waals surface area contributed by atoms with Gasteiger partial charge in [0.2, 0.25) is 0 Å². The van der Waals surface area contributed by atoms with E-state index in [0.717, 1.165) is 5.71 Å². The second-order valence-electron chi connectivity index (χ2n) is 3.24. The van der Waals surface area contributed by atoms with Gasteiger partial charge in [0.25, 0.3) is 0 Å². The van der Waals surface area contributed by atoms with Gasteiger partial charge >= 0.3 is 0 Å². The van der Waals surface area contributed by atoms with Gasteiger partial charge in [-0.25, -0.2) is 0 Å². The van der Waals surface area contributed by atoms with Crippen LogP contribution in [0.4, 0.5) is 0 Å². The molecule has 1 aliphatic heterocycles. The van der Waals surface area contributed by atoms with Crippen molar-refractivity contribution in [2.75, 3.05) is 0 Å². The minimum Gasteiger partial charge on any atom is -0.262 e. The number of nitrogens with zero attached hydrogens (tertiary/aromatic N) is 1. The molecule has 0 aromatic rings. The normalized spacial score (nSPS) is 18.9. The zero-order valence-corrected chi connectivity index (χ0v) is 8.76. The predicted octanol–water partition coefficient (Wildman–Crippen LogP) is 3.58. The molecule has 1 aliphatic rings. The molecule has 68 valence electrons. The molecule has 0 saturated heterocycles. The number of hydrogen-bond donors (Lipinski definition) is 0. The quantitative estimate of drug-likeness (QED) is 0.520. The molecule has 1 nitrogen and oxygen atoms in total. The first kappa shape index (κ1) is 11.2. The van der Waals surface area contributed by atoms with Crippen LogP contribution >= 0.6 is 0 Å². The Morgan fingerprint density at radius 2 is 1.75 bits per heavy atom. The van der Waals surface area contributed by atoms with Crippen molar-refractivity contribution in [2.45, 2.75) is 34.6 Å². The van der Waals surface area contributed by atoms with Gasteiger partial charge in [-0.3, -0.25) is 4.99 Å². The molecule has 1 rings (SSSR count). The van der Waals surface area contributed by atoms with E-state index in [9.17, 15) is 0 Å². The molecule has 0 atom stereocenters. The Labute approximate surface area is 75.9 Å². The van der Waals surface area contributed by atoms with E-state index in [-0.39, 0.29) is 5.41 Å². The van der Waals surface area contributed by atoms with Crippen molar-refractivity contribution in [1.29, 1.82) is 0 Å². The number of allylic oxidation sites excluding steroid dienone is 3. The number of aliphatic imine (C=N–C) groups is 1. The summed E-state index contributed by atoms with van der Waals surface area (Å²) in [6, 6.07) is 0. The van der Waals surface area contributed by atoms with Crippen LogP contribution in [0.1, 0.15) is 34.6 Å². The zero-order valence-electron chi connectivity index (χ0n) is 8.76. The molecule has 0 saturated carbocycles. The minimum atomic E-state index is 0.168. The molecular weight excluding hydrogens is 146 g/mol. The minimum absolute atomic E-state index is 0.168. The summed E-state index contributed by atoms with van der Waals surface area (Å²) in [6.45, 7) is 10.3. The Balaban J connectivity index is 0.000000561. The van der Waals surface area contributed by atoms with Crippen LogP contribution in [0.25, 0.3) is 0 Å². The summed E-state index contributed by atoms with van der Waals surface area (Å²) in [4.78, 5) is 4.17. The molecule has 0 aliphatic carbocycles. The van der Waals surface area contributed by atoms with Gasteiger partial charge in [0.1, 0.15) is 0 Å². The van der Waals surface area contributed by atoms with Crippen LogP contribution in [0.2, 0.25) is 0 Å². The van der Waals surface area contributed by atoms with E-state index in [4.69, 9.17) is 0 Å². The van der Waals surface area contributed by atoms with Gasteiger partial charge in [-0.05, 0) is 13.0 Å². The predicted molar refractivity (Wildman–Crippen MR) is 56.5 cm³/mol. The van der Waals surface area contributed by atoms with Gasteiger partial charge in [-0.1, -0.05) is 39.8 Å². The van der Waals surface area contributed by atoms with Crippen LogP contribution in [0.3, 0.4) is 0 Å². The SMILES string of the molecule is CC.CC1=NC=CC(C)(C)C=C1. The molecule has 0 aromatic heterocycles. The fraction of sp³-hybridized carbons (Fsp3) is 0.545. The molecule has 0 amide bonds. The maximum atomic E-state index is 4.17. The van der Waals surface area contributed by atoms with Crippen molar-refractivity contribution in [3.05, 3.63) is 24.4 Å². The van der Waals surface area contributed by atoms with Gasteiger partial charge in [0.05, 0.1) is 0 Å². The second-order valence-corrected chi connectivity index (χ2v) is 3.24. The molecule has 12 heavy (non-hydrogen) atoms. The molecule has 0 spiro atoms. The Kier molecular flexibility index (Phi) is 4.57. The molecular formula is C11H19N. The van der Waals surface area contributed by atoms with Crippen molar-refractivity contribution in [3.8, 4) is 0 Å². The highest BCUT2D eigenvalue weighted by Crippen LogP contribution is 2.20. The molecule has 0 radical (unpaired) electrons. The fourth-order valence-electron chi connectivity index (χ4n) is 0.781. The summed E-state index contributed by atoms with van der Waals surface area (Å²) < 4.78 is 0. The summed E-state index contributed by atoms with van der Waals surface area (Å²) >= 11 is 0. The van der Waals surface area contributed by atoms with Gasteiger partial charge in [-0.15, -0.1) is 0 Å². The van der Waals surface area contributed by atoms with E-state index in [2.05, 4.69) is 37.1 Å². The van der Waals surface area contributed by atoms with Crippen molar-refractivity contribution < 1.29 is 0 Å². The molecule has 0 unspecified atom stereocenters. The third-order valence-electron chi connectivity index (χ3n) is 1.54. The van der Waals surface area contributed by atoms with Crippen LogP contribution < -0.4 is 0 Å². The van der Waals surface area contributed by atoms with Crippen LogP contribution in [0.5, 0.6) is 0 Å². The van der Waals surface area contributed by atoms with Crippen molar-refractivity contribution in [2.24, 2.45) is 10.4 Å². The third-order valence-corrected chi connectivity index (χ3v) is 1.54.